The summed E-state index contributed by atoms with van der Waals surface area (Å²) in [5.74, 6) is 0.209. The summed E-state index contributed by atoms with van der Waals surface area (Å²) in [7, 11) is 1.54. The summed E-state index contributed by atoms with van der Waals surface area (Å²) in [6.45, 7) is 0.775. The van der Waals surface area contributed by atoms with Crippen LogP contribution in [0.5, 0.6) is 5.75 Å². The Kier molecular flexibility index (Phi) is 7.39. The Hall–Kier alpha value is -2.69. The molecule has 7 nitrogen and oxygen atoms in total. The van der Waals surface area contributed by atoms with Gasteiger partial charge in [-0.1, -0.05) is 21.8 Å². The molecule has 1 aliphatic heterocycles. The van der Waals surface area contributed by atoms with Gasteiger partial charge in [-0.05, 0) is 73.2 Å². The number of nitrogens with two attached hydrogens (primary N) is 1. The Balaban J connectivity index is 1.56. The van der Waals surface area contributed by atoms with Gasteiger partial charge >= 0.3 is 0 Å². The molecule has 1 unspecified atom stereocenters. The number of hydrogen-bond donors (Lipinski definition) is 2. The van der Waals surface area contributed by atoms with Crippen LogP contribution in [0.3, 0.4) is 0 Å². The van der Waals surface area contributed by atoms with E-state index in [2.05, 4.69) is 4.99 Å². The minimum atomic E-state index is -0.843. The van der Waals surface area contributed by atoms with Crippen molar-refractivity contribution in [2.75, 3.05) is 20.2 Å². The Morgan fingerprint density at radius 2 is 2.09 bits per heavy atom. The van der Waals surface area contributed by atoms with Crippen molar-refractivity contribution in [2.45, 2.75) is 17.7 Å². The Morgan fingerprint density at radius 1 is 1.32 bits per heavy atom. The molecule has 1 atom stereocenters. The highest BCUT2D eigenvalue weighted by atomic mass is 35.5. The van der Waals surface area contributed by atoms with Crippen molar-refractivity contribution in [3.05, 3.63) is 76.7 Å². The number of allylic oxidation sites excluding steroid dienone is 2. The fourth-order valence-electron chi connectivity index (χ4n) is 4.14. The number of ether oxygens (including phenoxy) is 1. The molecule has 178 valence electrons. The molecule has 1 fully saturated rings. The first-order chi connectivity index (χ1) is 16.4. The zero-order chi connectivity index (χ0) is 24.3. The molecule has 0 radical (unpaired) electrons. The zero-order valence-corrected chi connectivity index (χ0v) is 20.0. The van der Waals surface area contributed by atoms with E-state index in [4.69, 9.17) is 22.1 Å². The Bertz CT molecular complexity index is 1170. The third kappa shape index (κ3) is 5.03. The van der Waals surface area contributed by atoms with Crippen molar-refractivity contribution in [2.24, 2.45) is 16.1 Å². The number of benzene rings is 2. The van der Waals surface area contributed by atoms with Crippen molar-refractivity contribution >= 4 is 41.2 Å². The third-order valence-corrected chi connectivity index (χ3v) is 7.10. The second-order valence-electron chi connectivity index (χ2n) is 8.06. The predicted octanol–water partition coefficient (Wildman–Crippen LogP) is 4.94. The fraction of sp³-hybridized carbons (Fsp3) is 0.250. The average Bonchev–Trinajstić information content (AvgIpc) is 2.84. The number of carbonyl (C=O) groups excluding carboxylic acids is 1. The number of aliphatic imine (C=N–C) groups is 1. The first-order valence-electron chi connectivity index (χ1n) is 10.6. The number of piperidine rings is 1. The van der Waals surface area contributed by atoms with Gasteiger partial charge in [0.25, 0.3) is 0 Å². The highest BCUT2D eigenvalue weighted by Crippen LogP contribution is 2.44. The molecule has 1 aliphatic carbocycles. The number of nitrogens with zero attached hydrogens (tertiary/aromatic N) is 3. The lowest BCUT2D eigenvalue weighted by atomic mass is 9.68. The van der Waals surface area contributed by atoms with E-state index in [-0.39, 0.29) is 12.4 Å². The maximum Gasteiger partial charge on any atom is 0.137 e. The normalized spacial score (nSPS) is 23.1. The second kappa shape index (κ2) is 10.3. The SMILES string of the molecule is COc1ccc(SN(O)N2CCC3=CC(=Nc4ccc(F)cc4)C(=CN)CC3(C=O)C2)cc1Cl. The number of halogens is 2. The van der Waals surface area contributed by atoms with Gasteiger partial charge in [-0.15, -0.1) is 0 Å². The summed E-state index contributed by atoms with van der Waals surface area (Å²) < 4.78 is 19.4. The molecular weight excluding hydrogens is 479 g/mol. The number of hydrogen-bond acceptors (Lipinski definition) is 8. The molecule has 0 spiro atoms. The predicted molar refractivity (Wildman–Crippen MR) is 131 cm³/mol. The maximum absolute atomic E-state index is 13.2. The molecule has 0 aromatic heterocycles. The van der Waals surface area contributed by atoms with Crippen LogP contribution in [0.15, 0.2) is 75.8 Å². The molecule has 10 heteroatoms. The number of aldehydes is 1. The standard InChI is InChI=1S/C24H24ClFN4O3S/c1-33-23-7-6-20(11-21(23)25)34-30(32)29-9-8-17-10-22(28-19-4-2-18(26)3-5-19)16(13-27)12-24(17,14-29)15-31/h2-7,10-11,13,15,32H,8-9,12,14,27H2,1H3. The van der Waals surface area contributed by atoms with Crippen LogP contribution in [0.2, 0.25) is 5.02 Å². The molecule has 4 rings (SSSR count). The van der Waals surface area contributed by atoms with E-state index in [0.29, 0.717) is 47.1 Å². The first-order valence-corrected chi connectivity index (χ1v) is 11.7. The summed E-state index contributed by atoms with van der Waals surface area (Å²) in [4.78, 5) is 17.7. The van der Waals surface area contributed by atoms with E-state index in [0.717, 1.165) is 33.3 Å². The van der Waals surface area contributed by atoms with Crippen LogP contribution in [0, 0.1) is 11.2 Å². The van der Waals surface area contributed by atoms with Crippen LogP contribution in [-0.2, 0) is 4.79 Å². The van der Waals surface area contributed by atoms with Crippen LogP contribution < -0.4 is 10.5 Å². The van der Waals surface area contributed by atoms with Crippen LogP contribution in [0.25, 0.3) is 0 Å². The third-order valence-electron chi connectivity index (χ3n) is 5.94. The van der Waals surface area contributed by atoms with Crippen LogP contribution in [0.4, 0.5) is 10.1 Å². The lowest BCUT2D eigenvalue weighted by Crippen LogP contribution is -2.52. The Labute approximate surface area is 206 Å². The van der Waals surface area contributed by atoms with Crippen LogP contribution in [-0.4, -0.2) is 47.0 Å². The van der Waals surface area contributed by atoms with Gasteiger partial charge in [0.2, 0.25) is 0 Å². The molecule has 0 bridgehead atoms. The van der Waals surface area contributed by atoms with E-state index >= 15 is 0 Å². The summed E-state index contributed by atoms with van der Waals surface area (Å²) in [6, 6.07) is 11.1. The second-order valence-corrected chi connectivity index (χ2v) is 9.45. The zero-order valence-electron chi connectivity index (χ0n) is 18.4. The minimum Gasteiger partial charge on any atom is -0.495 e. The molecule has 2 aliphatic rings. The van der Waals surface area contributed by atoms with Gasteiger partial charge in [-0.2, -0.15) is 0 Å². The van der Waals surface area contributed by atoms with Crippen molar-refractivity contribution < 1.29 is 19.1 Å². The van der Waals surface area contributed by atoms with Crippen molar-refractivity contribution in [3.63, 3.8) is 0 Å². The number of hydrazine groups is 1. The quantitative estimate of drug-likeness (QED) is 0.328. The number of carbonyl (C=O) groups is 1. The lowest BCUT2D eigenvalue weighted by Gasteiger charge is -2.45. The van der Waals surface area contributed by atoms with Crippen LogP contribution >= 0.6 is 23.5 Å². The van der Waals surface area contributed by atoms with Gasteiger partial charge in [-0.25, -0.2) is 14.4 Å². The largest absolute Gasteiger partial charge is 0.495 e. The molecule has 2 aromatic rings. The van der Waals surface area contributed by atoms with Gasteiger partial charge in [0.1, 0.15) is 17.9 Å². The van der Waals surface area contributed by atoms with E-state index < -0.39 is 5.41 Å². The molecule has 1 saturated heterocycles. The van der Waals surface area contributed by atoms with Gasteiger partial charge in [0.15, 0.2) is 0 Å². The van der Waals surface area contributed by atoms with Gasteiger partial charge in [0.05, 0.1) is 28.9 Å². The Morgan fingerprint density at radius 3 is 2.74 bits per heavy atom. The average molecular weight is 503 g/mol. The van der Waals surface area contributed by atoms with Gasteiger partial charge in [0, 0.05) is 29.9 Å². The number of methoxy groups -OCH3 is 1. The van der Waals surface area contributed by atoms with Crippen molar-refractivity contribution in [3.8, 4) is 5.75 Å². The molecule has 1 heterocycles. The topological polar surface area (TPSA) is 91.4 Å². The monoisotopic (exact) mass is 502 g/mol. The minimum absolute atomic E-state index is 0.275. The maximum atomic E-state index is 13.2. The number of fused-ring (bicyclic) bond motifs is 1. The van der Waals surface area contributed by atoms with Gasteiger partial charge < -0.3 is 15.3 Å². The molecular formula is C24H24ClFN4O3S. The molecule has 2 aromatic carbocycles. The van der Waals surface area contributed by atoms with E-state index in [1.165, 1.54) is 25.4 Å². The molecule has 0 amide bonds. The number of rotatable bonds is 6. The first kappa shape index (κ1) is 24.4. The lowest BCUT2D eigenvalue weighted by molar-refractivity contribution is -0.175. The molecule has 0 saturated carbocycles. The molecule has 3 N–H and O–H groups in total. The summed E-state index contributed by atoms with van der Waals surface area (Å²) in [6.07, 6.45) is 5.16. The summed E-state index contributed by atoms with van der Waals surface area (Å²) >= 11 is 7.28. The highest BCUT2D eigenvalue weighted by molar-refractivity contribution is 7.96. The van der Waals surface area contributed by atoms with Crippen molar-refractivity contribution in [1.29, 1.82) is 0 Å². The van der Waals surface area contributed by atoms with E-state index in [1.807, 2.05) is 6.08 Å². The summed E-state index contributed by atoms with van der Waals surface area (Å²) in [5, 5.41) is 12.9. The smallest absolute Gasteiger partial charge is 0.137 e. The van der Waals surface area contributed by atoms with E-state index in [1.54, 1.807) is 35.3 Å². The summed E-state index contributed by atoms with van der Waals surface area (Å²) in [5.41, 5.74) is 7.93. The van der Waals surface area contributed by atoms with Crippen LogP contribution in [0.1, 0.15) is 12.8 Å². The molecule has 34 heavy (non-hydrogen) atoms. The van der Waals surface area contributed by atoms with Gasteiger partial charge in [-0.3, -0.25) is 5.21 Å². The van der Waals surface area contributed by atoms with Crippen molar-refractivity contribution in [1.82, 2.24) is 9.59 Å². The highest BCUT2D eigenvalue weighted by Gasteiger charge is 2.44. The van der Waals surface area contributed by atoms with E-state index in [9.17, 15) is 14.4 Å². The fourth-order valence-corrected chi connectivity index (χ4v) is 5.20.